The molecule has 2 N–H and O–H groups in total. The zero-order valence-electron chi connectivity index (χ0n) is 14.8. The number of carbonyl (C=O) groups is 1. The summed E-state index contributed by atoms with van der Waals surface area (Å²) >= 11 is 0. The number of pyridine rings is 1. The van der Waals surface area contributed by atoms with Crippen molar-refractivity contribution in [3.63, 3.8) is 0 Å². The van der Waals surface area contributed by atoms with Crippen molar-refractivity contribution in [2.24, 2.45) is 10.7 Å². The molecule has 0 spiro atoms. The lowest BCUT2D eigenvalue weighted by Gasteiger charge is -2.34. The first-order chi connectivity index (χ1) is 13.5. The lowest BCUT2D eigenvalue weighted by Crippen LogP contribution is -2.47. The van der Waals surface area contributed by atoms with Gasteiger partial charge in [-0.15, -0.1) is 0 Å². The van der Waals surface area contributed by atoms with Gasteiger partial charge in [0.25, 0.3) is 6.29 Å². The molecule has 2 unspecified atom stereocenters. The fourth-order valence-corrected chi connectivity index (χ4v) is 2.75. The van der Waals surface area contributed by atoms with Crippen LogP contribution in [0.1, 0.15) is 12.5 Å². The molecular formula is C18H14F5N3O3. The van der Waals surface area contributed by atoms with Gasteiger partial charge in [-0.05, 0) is 36.2 Å². The van der Waals surface area contributed by atoms with E-state index < -0.39 is 41.7 Å². The molecule has 1 aliphatic rings. The molecule has 154 valence electrons. The zero-order valence-corrected chi connectivity index (χ0v) is 14.8. The summed E-state index contributed by atoms with van der Waals surface area (Å²) in [5.74, 6) is -4.89. The molecule has 0 amide bonds. The average molecular weight is 415 g/mol. The number of rotatable bonds is 3. The normalized spacial score (nSPS) is 22.1. The van der Waals surface area contributed by atoms with Gasteiger partial charge < -0.3 is 15.2 Å². The van der Waals surface area contributed by atoms with Crippen LogP contribution in [0.15, 0.2) is 41.4 Å². The largest absolute Gasteiger partial charge is 0.491 e. The predicted octanol–water partition coefficient (Wildman–Crippen LogP) is 3.06. The topological polar surface area (TPSA) is 86.8 Å². The molecule has 1 aromatic heterocycles. The second-order valence-corrected chi connectivity index (χ2v) is 6.41. The van der Waals surface area contributed by atoms with Crippen LogP contribution in [0.25, 0.3) is 11.1 Å². The third-order valence-corrected chi connectivity index (χ3v) is 4.19. The molecule has 11 heteroatoms. The second kappa shape index (κ2) is 7.39. The van der Waals surface area contributed by atoms with E-state index in [0.29, 0.717) is 11.1 Å². The molecule has 0 aliphatic carbocycles. The molecule has 29 heavy (non-hydrogen) atoms. The Morgan fingerprint density at radius 2 is 2.00 bits per heavy atom. The molecule has 1 aliphatic heterocycles. The number of ether oxygens (including phenoxy) is 2. The van der Waals surface area contributed by atoms with Crippen LogP contribution in [0.3, 0.4) is 0 Å². The summed E-state index contributed by atoms with van der Waals surface area (Å²) in [5.41, 5.74) is 5.40. The Morgan fingerprint density at radius 3 is 2.62 bits per heavy atom. The van der Waals surface area contributed by atoms with Gasteiger partial charge in [-0.25, -0.2) is 4.79 Å². The summed E-state index contributed by atoms with van der Waals surface area (Å²) in [5, 5.41) is 0. The van der Waals surface area contributed by atoms with E-state index in [1.54, 1.807) is 31.2 Å². The van der Waals surface area contributed by atoms with E-state index in [1.165, 1.54) is 6.07 Å². The molecule has 1 aromatic carbocycles. The number of aromatic nitrogens is 1. The van der Waals surface area contributed by atoms with E-state index in [4.69, 9.17) is 10.5 Å². The number of aliphatic imine (C=N–C) groups is 1. The number of nitrogens with zero attached hydrogens (tertiary/aromatic N) is 2. The number of hydrogen-bond acceptors (Lipinski definition) is 6. The van der Waals surface area contributed by atoms with Gasteiger partial charge in [0.05, 0.1) is 6.61 Å². The molecule has 0 fully saturated rings. The van der Waals surface area contributed by atoms with Crippen LogP contribution in [0.4, 0.5) is 22.0 Å². The van der Waals surface area contributed by atoms with Crippen molar-refractivity contribution in [3.05, 3.63) is 53.9 Å². The number of alkyl halides is 3. The van der Waals surface area contributed by atoms with Crippen LogP contribution < -0.4 is 5.73 Å². The van der Waals surface area contributed by atoms with Crippen LogP contribution in [-0.4, -0.2) is 35.9 Å². The number of benzene rings is 1. The van der Waals surface area contributed by atoms with Crippen molar-refractivity contribution in [2.75, 3.05) is 6.61 Å². The van der Waals surface area contributed by atoms with Gasteiger partial charge in [0, 0.05) is 5.56 Å². The van der Waals surface area contributed by atoms with E-state index in [2.05, 4.69) is 14.7 Å². The van der Waals surface area contributed by atoms with Crippen molar-refractivity contribution in [1.29, 1.82) is 0 Å². The lowest BCUT2D eigenvalue weighted by atomic mass is 9.90. The quantitative estimate of drug-likeness (QED) is 0.473. The molecule has 3 rings (SSSR count). The third kappa shape index (κ3) is 4.34. The highest BCUT2D eigenvalue weighted by atomic mass is 19.4. The van der Waals surface area contributed by atoms with Gasteiger partial charge in [-0.3, -0.25) is 4.99 Å². The number of carbonyl (C=O) groups excluding carboxylic acids is 1. The number of esters is 1. The Morgan fingerprint density at radius 1 is 1.28 bits per heavy atom. The van der Waals surface area contributed by atoms with E-state index in [1.807, 2.05) is 0 Å². The Labute approximate surface area is 161 Å². The molecule has 2 atom stereocenters. The molecule has 0 radical (unpaired) electrons. The molecule has 0 saturated carbocycles. The average Bonchev–Trinajstić information content (AvgIpc) is 2.63. The highest BCUT2D eigenvalue weighted by Gasteiger charge is 2.45. The first kappa shape index (κ1) is 20.6. The zero-order chi connectivity index (χ0) is 21.4. The SMILES string of the molecule is CC1(c2cccc(-c3ccc(F)nc3F)c2)COC(OC(=O)C(F)(F)F)C(N)=N1. The third-order valence-electron chi connectivity index (χ3n) is 4.19. The van der Waals surface area contributed by atoms with Crippen LogP contribution >= 0.6 is 0 Å². The van der Waals surface area contributed by atoms with Crippen molar-refractivity contribution in [3.8, 4) is 11.1 Å². The number of halogens is 5. The fourth-order valence-electron chi connectivity index (χ4n) is 2.75. The Balaban J connectivity index is 1.88. The maximum Gasteiger partial charge on any atom is 0.491 e. The summed E-state index contributed by atoms with van der Waals surface area (Å²) < 4.78 is 73.4. The minimum atomic E-state index is -5.20. The summed E-state index contributed by atoms with van der Waals surface area (Å²) in [6.45, 7) is 1.32. The van der Waals surface area contributed by atoms with E-state index in [-0.39, 0.29) is 12.2 Å². The molecule has 0 bridgehead atoms. The predicted molar refractivity (Wildman–Crippen MR) is 90.5 cm³/mol. The molecule has 6 nitrogen and oxygen atoms in total. The van der Waals surface area contributed by atoms with Crippen molar-refractivity contribution in [2.45, 2.75) is 24.9 Å². The highest BCUT2D eigenvalue weighted by molar-refractivity contribution is 5.87. The minimum absolute atomic E-state index is 0.0440. The van der Waals surface area contributed by atoms with Gasteiger partial charge in [0.15, 0.2) is 5.84 Å². The summed E-state index contributed by atoms with van der Waals surface area (Å²) in [6, 6.07) is 8.55. The summed E-state index contributed by atoms with van der Waals surface area (Å²) in [4.78, 5) is 18.2. The highest BCUT2D eigenvalue weighted by Crippen LogP contribution is 2.33. The molecule has 2 aromatic rings. The molecular weight excluding hydrogens is 401 g/mol. The molecule has 0 saturated heterocycles. The van der Waals surface area contributed by atoms with Crippen LogP contribution in [0, 0.1) is 11.9 Å². The Kier molecular flexibility index (Phi) is 5.26. The first-order valence-electron chi connectivity index (χ1n) is 8.17. The summed E-state index contributed by atoms with van der Waals surface area (Å²) in [6.07, 6.45) is -6.98. The minimum Gasteiger partial charge on any atom is -0.421 e. The van der Waals surface area contributed by atoms with Gasteiger partial charge in [0.1, 0.15) is 5.54 Å². The standard InChI is InChI=1S/C18H14F5N3O3/c1-17(8-28-15(14(24)26-17)29-16(27)18(21,22)23)10-4-2-3-9(7-10)11-5-6-12(19)25-13(11)20/h2-7,15H,8H2,1H3,(H2,24,26). The number of amidine groups is 1. The fraction of sp³-hybridized carbons (Fsp3) is 0.278. The van der Waals surface area contributed by atoms with Gasteiger partial charge in [-0.1, -0.05) is 18.2 Å². The number of nitrogens with two attached hydrogens (primary N) is 1. The Bertz CT molecular complexity index is 979. The molecule has 2 heterocycles. The van der Waals surface area contributed by atoms with Gasteiger partial charge in [0.2, 0.25) is 11.9 Å². The smallest absolute Gasteiger partial charge is 0.421 e. The van der Waals surface area contributed by atoms with Crippen molar-refractivity contribution < 1.29 is 36.2 Å². The van der Waals surface area contributed by atoms with E-state index >= 15 is 0 Å². The second-order valence-electron chi connectivity index (χ2n) is 6.41. The van der Waals surface area contributed by atoms with Gasteiger partial charge >= 0.3 is 12.1 Å². The van der Waals surface area contributed by atoms with Crippen molar-refractivity contribution >= 4 is 11.8 Å². The van der Waals surface area contributed by atoms with Crippen LogP contribution in [0.2, 0.25) is 0 Å². The first-order valence-corrected chi connectivity index (χ1v) is 8.17. The maximum atomic E-state index is 14.0. The van der Waals surface area contributed by atoms with Gasteiger partial charge in [-0.2, -0.15) is 26.9 Å². The van der Waals surface area contributed by atoms with Crippen molar-refractivity contribution in [1.82, 2.24) is 4.98 Å². The van der Waals surface area contributed by atoms with E-state index in [0.717, 1.165) is 6.07 Å². The monoisotopic (exact) mass is 415 g/mol. The van der Waals surface area contributed by atoms with Crippen LogP contribution in [0.5, 0.6) is 0 Å². The van der Waals surface area contributed by atoms with E-state index in [9.17, 15) is 26.7 Å². The Hall–Kier alpha value is -3.08. The lowest BCUT2D eigenvalue weighted by molar-refractivity contribution is -0.219. The number of hydrogen-bond donors (Lipinski definition) is 1. The maximum absolute atomic E-state index is 14.0. The summed E-state index contributed by atoms with van der Waals surface area (Å²) in [7, 11) is 0. The van der Waals surface area contributed by atoms with Crippen LogP contribution in [-0.2, 0) is 19.8 Å².